The van der Waals surface area contributed by atoms with Gasteiger partial charge in [0.25, 0.3) is 0 Å². The van der Waals surface area contributed by atoms with Crippen molar-refractivity contribution in [1.29, 1.82) is 0 Å². The summed E-state index contributed by atoms with van der Waals surface area (Å²) >= 11 is 0. The van der Waals surface area contributed by atoms with Crippen molar-refractivity contribution < 1.29 is 4.74 Å². The number of hydrogen-bond donors (Lipinski definition) is 0. The summed E-state index contributed by atoms with van der Waals surface area (Å²) in [6, 6.07) is 0.310. The van der Waals surface area contributed by atoms with Gasteiger partial charge in [-0.05, 0) is 19.8 Å². The number of aromatic nitrogens is 4. The maximum atomic E-state index is 5.78. The van der Waals surface area contributed by atoms with E-state index in [2.05, 4.69) is 56.1 Å². The van der Waals surface area contributed by atoms with Crippen LogP contribution in [0.4, 0.5) is 0 Å². The molecule has 5 nitrogen and oxygen atoms in total. The van der Waals surface area contributed by atoms with Crippen LogP contribution in [-0.4, -0.2) is 26.1 Å². The maximum absolute atomic E-state index is 5.78. The standard InChI is InChI=1S/C15H24N4O/c1-9(2)7-20-15-12-14(16-8-17-15)19(11(5)6)13(18-12)10(3)4/h8-11H,7H2,1-6H3. The third-order valence-corrected chi connectivity index (χ3v) is 3.06. The van der Waals surface area contributed by atoms with Gasteiger partial charge in [-0.2, -0.15) is 4.98 Å². The normalized spacial score (nSPS) is 12.1. The van der Waals surface area contributed by atoms with Gasteiger partial charge in [0.05, 0.1) is 6.61 Å². The highest BCUT2D eigenvalue weighted by molar-refractivity contribution is 5.77. The molecule has 2 heterocycles. The molecule has 0 aliphatic heterocycles. The highest BCUT2D eigenvalue weighted by atomic mass is 16.5. The average Bonchev–Trinajstić information content (AvgIpc) is 2.76. The molecule has 0 aliphatic rings. The van der Waals surface area contributed by atoms with Crippen molar-refractivity contribution >= 4 is 11.2 Å². The Bertz CT molecular complexity index is 587. The molecule has 0 saturated carbocycles. The van der Waals surface area contributed by atoms with Gasteiger partial charge in [0.15, 0.2) is 11.2 Å². The SMILES string of the molecule is CC(C)COc1ncnc2c1nc(C(C)C)n2C(C)C. The minimum atomic E-state index is 0.310. The van der Waals surface area contributed by atoms with Crippen LogP contribution >= 0.6 is 0 Å². The number of ether oxygens (including phenoxy) is 1. The van der Waals surface area contributed by atoms with Crippen molar-refractivity contribution in [3.8, 4) is 5.88 Å². The second kappa shape index (κ2) is 5.77. The van der Waals surface area contributed by atoms with E-state index < -0.39 is 0 Å². The molecule has 0 N–H and O–H groups in total. The van der Waals surface area contributed by atoms with E-state index in [0.717, 1.165) is 17.0 Å². The predicted octanol–water partition coefficient (Wildman–Crippen LogP) is 3.57. The summed E-state index contributed by atoms with van der Waals surface area (Å²) in [6.07, 6.45) is 1.56. The van der Waals surface area contributed by atoms with Crippen LogP contribution < -0.4 is 4.74 Å². The number of nitrogens with zero attached hydrogens (tertiary/aromatic N) is 4. The maximum Gasteiger partial charge on any atom is 0.245 e. The molecule has 0 bridgehead atoms. The largest absolute Gasteiger partial charge is 0.476 e. The van der Waals surface area contributed by atoms with Crippen molar-refractivity contribution in [3.63, 3.8) is 0 Å². The Morgan fingerprint density at radius 3 is 2.35 bits per heavy atom. The van der Waals surface area contributed by atoms with Gasteiger partial charge in [0.1, 0.15) is 12.2 Å². The molecular weight excluding hydrogens is 252 g/mol. The third kappa shape index (κ3) is 2.76. The molecule has 2 aromatic rings. The molecule has 2 rings (SSSR count). The van der Waals surface area contributed by atoms with E-state index in [-0.39, 0.29) is 0 Å². The number of hydrogen-bond acceptors (Lipinski definition) is 4. The highest BCUT2D eigenvalue weighted by Gasteiger charge is 2.20. The first kappa shape index (κ1) is 14.8. The summed E-state index contributed by atoms with van der Waals surface area (Å²) in [4.78, 5) is 13.4. The van der Waals surface area contributed by atoms with Crippen molar-refractivity contribution in [2.45, 2.75) is 53.5 Å². The molecule has 0 amide bonds. The first-order valence-electron chi connectivity index (χ1n) is 7.27. The third-order valence-electron chi connectivity index (χ3n) is 3.06. The Morgan fingerprint density at radius 2 is 1.80 bits per heavy atom. The van der Waals surface area contributed by atoms with Gasteiger partial charge >= 0.3 is 0 Å². The fraction of sp³-hybridized carbons (Fsp3) is 0.667. The van der Waals surface area contributed by atoms with E-state index in [1.165, 1.54) is 0 Å². The highest BCUT2D eigenvalue weighted by Crippen LogP contribution is 2.28. The Labute approximate surface area is 120 Å². The van der Waals surface area contributed by atoms with Crippen molar-refractivity contribution in [2.24, 2.45) is 5.92 Å². The van der Waals surface area contributed by atoms with Crippen LogP contribution in [0.15, 0.2) is 6.33 Å². The van der Waals surface area contributed by atoms with Crippen LogP contribution in [0.1, 0.15) is 59.3 Å². The second-order valence-corrected chi connectivity index (χ2v) is 6.14. The topological polar surface area (TPSA) is 52.8 Å². The number of rotatable bonds is 5. The Hall–Kier alpha value is -1.65. The summed E-state index contributed by atoms with van der Waals surface area (Å²) in [6.45, 7) is 13.4. The van der Waals surface area contributed by atoms with E-state index in [0.29, 0.717) is 30.4 Å². The summed E-state index contributed by atoms with van der Waals surface area (Å²) in [5.74, 6) is 2.41. The van der Waals surface area contributed by atoms with Crippen LogP contribution in [-0.2, 0) is 0 Å². The molecule has 20 heavy (non-hydrogen) atoms. The van der Waals surface area contributed by atoms with Crippen LogP contribution in [0.2, 0.25) is 0 Å². The molecular formula is C15H24N4O. The molecule has 110 valence electrons. The van der Waals surface area contributed by atoms with Gasteiger partial charge in [-0.1, -0.05) is 27.7 Å². The summed E-state index contributed by atoms with van der Waals surface area (Å²) in [5.41, 5.74) is 1.63. The summed E-state index contributed by atoms with van der Waals surface area (Å²) in [7, 11) is 0. The first-order chi connectivity index (χ1) is 9.41. The Balaban J connectivity index is 2.55. The molecule has 5 heteroatoms. The fourth-order valence-corrected chi connectivity index (χ4v) is 2.17. The molecule has 0 aromatic carbocycles. The summed E-state index contributed by atoms with van der Waals surface area (Å²) < 4.78 is 7.95. The molecule has 0 radical (unpaired) electrons. The zero-order valence-corrected chi connectivity index (χ0v) is 13.2. The van der Waals surface area contributed by atoms with E-state index in [9.17, 15) is 0 Å². The van der Waals surface area contributed by atoms with Crippen LogP contribution in [0.25, 0.3) is 11.2 Å². The Kier molecular flexibility index (Phi) is 4.26. The van der Waals surface area contributed by atoms with E-state index in [1.54, 1.807) is 6.33 Å². The monoisotopic (exact) mass is 276 g/mol. The quantitative estimate of drug-likeness (QED) is 0.837. The van der Waals surface area contributed by atoms with Crippen LogP contribution in [0.5, 0.6) is 5.88 Å². The smallest absolute Gasteiger partial charge is 0.245 e. The molecule has 0 unspecified atom stereocenters. The lowest BCUT2D eigenvalue weighted by molar-refractivity contribution is 0.264. The van der Waals surface area contributed by atoms with Gasteiger partial charge in [0.2, 0.25) is 5.88 Å². The minimum Gasteiger partial charge on any atom is -0.476 e. The van der Waals surface area contributed by atoms with E-state index in [4.69, 9.17) is 9.72 Å². The lowest BCUT2D eigenvalue weighted by Crippen LogP contribution is -2.08. The molecule has 2 aromatic heterocycles. The zero-order chi connectivity index (χ0) is 14.9. The van der Waals surface area contributed by atoms with Gasteiger partial charge < -0.3 is 9.30 Å². The second-order valence-electron chi connectivity index (χ2n) is 6.14. The Morgan fingerprint density at radius 1 is 1.10 bits per heavy atom. The van der Waals surface area contributed by atoms with Gasteiger partial charge in [0, 0.05) is 12.0 Å². The van der Waals surface area contributed by atoms with Crippen molar-refractivity contribution in [1.82, 2.24) is 19.5 Å². The lowest BCUT2D eigenvalue weighted by Gasteiger charge is -2.14. The molecule has 0 spiro atoms. The summed E-state index contributed by atoms with van der Waals surface area (Å²) in [5, 5.41) is 0. The van der Waals surface area contributed by atoms with Crippen LogP contribution in [0, 0.1) is 5.92 Å². The zero-order valence-electron chi connectivity index (χ0n) is 13.2. The van der Waals surface area contributed by atoms with E-state index in [1.807, 2.05) is 0 Å². The van der Waals surface area contributed by atoms with E-state index >= 15 is 0 Å². The first-order valence-corrected chi connectivity index (χ1v) is 7.27. The molecule has 0 aliphatic carbocycles. The fourth-order valence-electron chi connectivity index (χ4n) is 2.17. The molecule has 0 atom stereocenters. The lowest BCUT2D eigenvalue weighted by atomic mass is 10.2. The van der Waals surface area contributed by atoms with Gasteiger partial charge in [-0.15, -0.1) is 0 Å². The van der Waals surface area contributed by atoms with Crippen molar-refractivity contribution in [2.75, 3.05) is 6.61 Å². The van der Waals surface area contributed by atoms with Gasteiger partial charge in [-0.25, -0.2) is 9.97 Å². The van der Waals surface area contributed by atoms with Crippen LogP contribution in [0.3, 0.4) is 0 Å². The minimum absolute atomic E-state index is 0.310. The molecule has 0 saturated heterocycles. The predicted molar refractivity (Wildman–Crippen MR) is 80.1 cm³/mol. The number of imidazole rings is 1. The van der Waals surface area contributed by atoms with Gasteiger partial charge in [-0.3, -0.25) is 0 Å². The average molecular weight is 276 g/mol. The van der Waals surface area contributed by atoms with Crippen molar-refractivity contribution in [3.05, 3.63) is 12.2 Å². The molecule has 0 fully saturated rings. The number of fused-ring (bicyclic) bond motifs is 1.